The van der Waals surface area contributed by atoms with Crippen molar-refractivity contribution in [1.29, 1.82) is 0 Å². The lowest BCUT2D eigenvalue weighted by Crippen LogP contribution is -2.66. The minimum Gasteiger partial charge on any atom is -0.368 e. The molecule has 4 amide bonds. The summed E-state index contributed by atoms with van der Waals surface area (Å²) in [6.07, 6.45) is 3.55. The molecule has 1 atom stereocenters. The number of nitrogens with one attached hydrogen (secondary N) is 1. The molecule has 5 aliphatic heterocycles. The van der Waals surface area contributed by atoms with Crippen molar-refractivity contribution in [3.63, 3.8) is 0 Å². The summed E-state index contributed by atoms with van der Waals surface area (Å²) >= 11 is 5.91. The van der Waals surface area contributed by atoms with Gasteiger partial charge in [0.05, 0.1) is 28.5 Å². The number of piperidine rings is 1. The second-order valence-corrected chi connectivity index (χ2v) is 12.0. The first-order chi connectivity index (χ1) is 19.8. The molecule has 41 heavy (non-hydrogen) atoms. The number of benzene rings is 1. The molecule has 1 aromatic carbocycles. The lowest BCUT2D eigenvalue weighted by atomic mass is 9.93. The molecule has 1 N–H and O–H groups in total. The molecule has 1 aromatic heterocycles. The Morgan fingerprint density at radius 3 is 2.29 bits per heavy atom. The molecule has 4 fully saturated rings. The average molecular weight is 579 g/mol. The van der Waals surface area contributed by atoms with Crippen LogP contribution in [0.3, 0.4) is 0 Å². The van der Waals surface area contributed by atoms with Crippen molar-refractivity contribution in [3.05, 3.63) is 46.7 Å². The third kappa shape index (κ3) is 4.83. The normalized spacial score (nSPS) is 24.4. The summed E-state index contributed by atoms with van der Waals surface area (Å²) in [5.41, 5.74) is 1.55. The molecule has 0 saturated carbocycles. The van der Waals surface area contributed by atoms with Gasteiger partial charge in [0.15, 0.2) is 0 Å². The van der Waals surface area contributed by atoms with Crippen LogP contribution < -0.4 is 15.1 Å². The van der Waals surface area contributed by atoms with E-state index in [4.69, 9.17) is 11.6 Å². The predicted octanol–water partition coefficient (Wildman–Crippen LogP) is 0.474. The van der Waals surface area contributed by atoms with E-state index < -0.39 is 23.8 Å². The second kappa shape index (κ2) is 10.3. The first-order valence-electron chi connectivity index (χ1n) is 14.1. The molecule has 12 nitrogen and oxygen atoms in total. The zero-order chi connectivity index (χ0) is 28.2. The average Bonchev–Trinajstić information content (AvgIpc) is 3.16. The Bertz CT molecular complexity index is 1400. The Hall–Kier alpha value is -3.61. The zero-order valence-corrected chi connectivity index (χ0v) is 23.3. The van der Waals surface area contributed by atoms with E-state index in [1.165, 1.54) is 0 Å². The van der Waals surface area contributed by atoms with E-state index >= 15 is 0 Å². The van der Waals surface area contributed by atoms with E-state index in [0.29, 0.717) is 28.1 Å². The molecule has 1 unspecified atom stereocenters. The second-order valence-electron chi connectivity index (χ2n) is 11.5. The number of aromatic nitrogens is 2. The van der Waals surface area contributed by atoms with Crippen molar-refractivity contribution in [3.8, 4) is 0 Å². The number of hydrogen-bond donors (Lipinski definition) is 1. The monoisotopic (exact) mass is 578 g/mol. The standard InChI is InChI=1S/C28H31ClN8O4/c29-18-10-30-28(31-11-18)34-7-5-33(6-8-34)12-17-13-35(14-17)20-15-36(16-20)19-1-2-21-22(9-19)27(41)37(26(21)40)23-3-4-24(38)32-25(23)39/h1-2,9-11,17,20,23H,3-8,12-16H2,(H,32,38,39). The number of nitrogens with zero attached hydrogens (tertiary/aromatic N) is 7. The number of piperazine rings is 1. The van der Waals surface area contributed by atoms with Crippen LogP contribution in [0.5, 0.6) is 0 Å². The fourth-order valence-corrected chi connectivity index (χ4v) is 6.64. The Morgan fingerprint density at radius 1 is 0.878 bits per heavy atom. The van der Waals surface area contributed by atoms with Crippen LogP contribution in [0.15, 0.2) is 30.6 Å². The van der Waals surface area contributed by atoms with Gasteiger partial charge in [0.25, 0.3) is 11.8 Å². The molecule has 0 radical (unpaired) electrons. The quantitative estimate of drug-likeness (QED) is 0.484. The number of carbonyl (C=O) groups is 4. The molecule has 6 heterocycles. The van der Waals surface area contributed by atoms with E-state index in [0.717, 1.165) is 75.4 Å². The number of rotatable bonds is 6. The van der Waals surface area contributed by atoms with Gasteiger partial charge in [-0.25, -0.2) is 9.97 Å². The highest BCUT2D eigenvalue weighted by molar-refractivity contribution is 6.30. The molecule has 214 valence electrons. The van der Waals surface area contributed by atoms with Crippen molar-refractivity contribution in [2.24, 2.45) is 5.92 Å². The molecule has 7 rings (SSSR count). The van der Waals surface area contributed by atoms with Gasteiger partial charge in [0.1, 0.15) is 6.04 Å². The van der Waals surface area contributed by atoms with Gasteiger partial charge in [-0.1, -0.05) is 11.6 Å². The number of carbonyl (C=O) groups excluding carboxylic acids is 4. The van der Waals surface area contributed by atoms with E-state index in [9.17, 15) is 19.2 Å². The topological polar surface area (TPSA) is 122 Å². The first kappa shape index (κ1) is 26.3. The van der Waals surface area contributed by atoms with Crippen molar-refractivity contribution in [2.75, 3.05) is 68.7 Å². The molecule has 5 aliphatic rings. The molecule has 0 aliphatic carbocycles. The molecule has 0 spiro atoms. The third-order valence-electron chi connectivity index (χ3n) is 8.93. The summed E-state index contributed by atoms with van der Waals surface area (Å²) < 4.78 is 0. The summed E-state index contributed by atoms with van der Waals surface area (Å²) in [4.78, 5) is 69.1. The van der Waals surface area contributed by atoms with Gasteiger partial charge in [-0.2, -0.15) is 0 Å². The van der Waals surface area contributed by atoms with Gasteiger partial charge in [0, 0.05) is 77.1 Å². The van der Waals surface area contributed by atoms with Crippen LogP contribution in [-0.4, -0.2) is 119 Å². The van der Waals surface area contributed by atoms with Gasteiger partial charge < -0.3 is 9.80 Å². The van der Waals surface area contributed by atoms with Crippen LogP contribution in [0.4, 0.5) is 11.6 Å². The predicted molar refractivity (Wildman–Crippen MR) is 150 cm³/mol. The van der Waals surface area contributed by atoms with Crippen LogP contribution in [0.25, 0.3) is 0 Å². The van der Waals surface area contributed by atoms with Gasteiger partial charge in [-0.15, -0.1) is 0 Å². The zero-order valence-electron chi connectivity index (χ0n) is 22.5. The lowest BCUT2D eigenvalue weighted by molar-refractivity contribution is -0.136. The van der Waals surface area contributed by atoms with Crippen LogP contribution in [0.2, 0.25) is 5.02 Å². The van der Waals surface area contributed by atoms with Gasteiger partial charge in [-0.3, -0.25) is 39.2 Å². The fourth-order valence-electron chi connectivity index (χ4n) is 6.54. The smallest absolute Gasteiger partial charge is 0.262 e. The van der Waals surface area contributed by atoms with Crippen LogP contribution in [-0.2, 0) is 9.59 Å². The van der Waals surface area contributed by atoms with Crippen LogP contribution in [0.1, 0.15) is 33.6 Å². The maximum Gasteiger partial charge on any atom is 0.262 e. The summed E-state index contributed by atoms with van der Waals surface area (Å²) in [5, 5.41) is 2.78. The first-order valence-corrected chi connectivity index (χ1v) is 14.5. The lowest BCUT2D eigenvalue weighted by Gasteiger charge is -2.53. The van der Waals surface area contributed by atoms with E-state index in [-0.39, 0.29) is 18.7 Å². The Morgan fingerprint density at radius 2 is 1.59 bits per heavy atom. The highest BCUT2D eigenvalue weighted by Gasteiger charge is 2.45. The summed E-state index contributed by atoms with van der Waals surface area (Å²) in [5.74, 6) is -0.503. The highest BCUT2D eigenvalue weighted by Crippen LogP contribution is 2.34. The maximum atomic E-state index is 13.1. The van der Waals surface area contributed by atoms with E-state index in [2.05, 4.69) is 34.9 Å². The fraction of sp³-hybridized carbons (Fsp3) is 0.500. The number of halogens is 1. The minimum absolute atomic E-state index is 0.109. The van der Waals surface area contributed by atoms with E-state index in [1.54, 1.807) is 24.5 Å². The molecule has 13 heteroatoms. The van der Waals surface area contributed by atoms with Crippen LogP contribution >= 0.6 is 11.6 Å². The third-order valence-corrected chi connectivity index (χ3v) is 9.13. The Labute approximate surface area is 242 Å². The number of amides is 4. The molecular weight excluding hydrogens is 548 g/mol. The summed E-state index contributed by atoms with van der Waals surface area (Å²) in [7, 11) is 0. The van der Waals surface area contributed by atoms with Crippen molar-refractivity contribution in [2.45, 2.75) is 24.9 Å². The minimum atomic E-state index is -0.947. The number of likely N-dealkylation sites (tertiary alicyclic amines) is 1. The molecule has 2 aromatic rings. The van der Waals surface area contributed by atoms with Gasteiger partial charge in [0.2, 0.25) is 17.8 Å². The molecule has 0 bridgehead atoms. The van der Waals surface area contributed by atoms with Crippen molar-refractivity contribution in [1.82, 2.24) is 30.0 Å². The molecular formula is C28H31ClN8O4. The SMILES string of the molecule is O=C1CCC(N2C(=O)c3ccc(N4CC(N5CC(CN6CCN(c7ncc(Cl)cn7)CC6)C5)C4)cc3C2=O)C(=O)N1. The van der Waals surface area contributed by atoms with E-state index in [1.807, 2.05) is 6.07 Å². The van der Waals surface area contributed by atoms with Crippen molar-refractivity contribution >= 4 is 46.9 Å². The van der Waals surface area contributed by atoms with Gasteiger partial charge in [-0.05, 0) is 30.5 Å². The summed E-state index contributed by atoms with van der Waals surface area (Å²) in [6.45, 7) is 8.88. The number of hydrogen-bond acceptors (Lipinski definition) is 10. The number of anilines is 2. The summed E-state index contributed by atoms with van der Waals surface area (Å²) in [6, 6.07) is 4.86. The highest BCUT2D eigenvalue weighted by atomic mass is 35.5. The Balaban J connectivity index is 0.878. The number of imide groups is 2. The van der Waals surface area contributed by atoms with Gasteiger partial charge >= 0.3 is 0 Å². The maximum absolute atomic E-state index is 13.1. The van der Waals surface area contributed by atoms with Crippen molar-refractivity contribution < 1.29 is 19.2 Å². The Kier molecular flexibility index (Phi) is 6.63. The number of fused-ring (bicyclic) bond motifs is 1. The molecule has 4 saturated heterocycles. The van der Waals surface area contributed by atoms with Crippen LogP contribution in [0, 0.1) is 5.92 Å². The largest absolute Gasteiger partial charge is 0.368 e.